The van der Waals surface area contributed by atoms with E-state index in [1.165, 1.54) is 12.8 Å². The predicted octanol–water partition coefficient (Wildman–Crippen LogP) is 2.33. The molecule has 2 fully saturated rings. The van der Waals surface area contributed by atoms with E-state index in [2.05, 4.69) is 12.2 Å². The van der Waals surface area contributed by atoms with Gasteiger partial charge in [0, 0.05) is 6.04 Å². The van der Waals surface area contributed by atoms with Gasteiger partial charge in [-0.25, -0.2) is 0 Å². The Hall–Kier alpha value is -1.06. The first-order valence-electron chi connectivity index (χ1n) is 8.08. The van der Waals surface area contributed by atoms with Crippen molar-refractivity contribution in [1.29, 1.82) is 0 Å². The van der Waals surface area contributed by atoms with Gasteiger partial charge in [0.1, 0.15) is 12.1 Å². The number of rotatable bonds is 3. The van der Waals surface area contributed by atoms with Gasteiger partial charge in [0.25, 0.3) is 0 Å². The Morgan fingerprint density at radius 2 is 1.80 bits per heavy atom. The van der Waals surface area contributed by atoms with Crippen molar-refractivity contribution in [2.75, 3.05) is 0 Å². The van der Waals surface area contributed by atoms with Gasteiger partial charge in [0.2, 0.25) is 11.8 Å². The molecule has 2 atom stereocenters. The molecule has 2 rings (SSSR count). The largest absolute Gasteiger partial charge is 0.342 e. The van der Waals surface area contributed by atoms with Gasteiger partial charge in [-0.1, -0.05) is 27.7 Å². The zero-order valence-corrected chi connectivity index (χ0v) is 13.2. The van der Waals surface area contributed by atoms with E-state index in [0.717, 1.165) is 18.8 Å². The molecular weight excluding hydrogens is 252 g/mol. The first-order chi connectivity index (χ1) is 9.45. The van der Waals surface area contributed by atoms with Crippen molar-refractivity contribution in [2.24, 2.45) is 11.8 Å². The molecule has 2 amide bonds. The van der Waals surface area contributed by atoms with Gasteiger partial charge in [-0.05, 0) is 43.9 Å². The Morgan fingerprint density at radius 1 is 1.20 bits per heavy atom. The molecule has 1 aliphatic carbocycles. The smallest absolute Gasteiger partial charge is 0.246 e. The number of carbonyl (C=O) groups is 2. The minimum Gasteiger partial charge on any atom is -0.342 e. The van der Waals surface area contributed by atoms with Gasteiger partial charge in [-0.2, -0.15) is 0 Å². The van der Waals surface area contributed by atoms with Crippen molar-refractivity contribution in [3.8, 4) is 0 Å². The number of amides is 2. The highest BCUT2D eigenvalue weighted by molar-refractivity contribution is 5.97. The van der Waals surface area contributed by atoms with Gasteiger partial charge < -0.3 is 10.2 Å². The minimum atomic E-state index is -0.343. The zero-order valence-electron chi connectivity index (χ0n) is 13.2. The first kappa shape index (κ1) is 15.3. The van der Waals surface area contributed by atoms with E-state index in [0.29, 0.717) is 6.42 Å². The Morgan fingerprint density at radius 3 is 2.30 bits per heavy atom. The number of nitrogens with one attached hydrogen (secondary N) is 1. The second-order valence-corrected chi connectivity index (χ2v) is 6.81. The third kappa shape index (κ3) is 2.84. The fourth-order valence-corrected chi connectivity index (χ4v) is 3.54. The molecule has 4 nitrogen and oxygen atoms in total. The van der Waals surface area contributed by atoms with E-state index in [1.54, 1.807) is 0 Å². The summed E-state index contributed by atoms with van der Waals surface area (Å²) >= 11 is 0. The molecule has 0 bridgehead atoms. The van der Waals surface area contributed by atoms with Gasteiger partial charge >= 0.3 is 0 Å². The summed E-state index contributed by atoms with van der Waals surface area (Å²) in [6.45, 7) is 8.26. The third-order valence-electron chi connectivity index (χ3n) is 4.89. The van der Waals surface area contributed by atoms with Crippen molar-refractivity contribution in [3.63, 3.8) is 0 Å². The predicted molar refractivity (Wildman–Crippen MR) is 79.1 cm³/mol. The normalized spacial score (nSPS) is 35.4. The van der Waals surface area contributed by atoms with Crippen molar-refractivity contribution < 1.29 is 9.59 Å². The molecule has 0 aromatic carbocycles. The lowest BCUT2D eigenvalue weighted by atomic mass is 9.84. The van der Waals surface area contributed by atoms with Crippen LogP contribution in [0.1, 0.15) is 59.8 Å². The second-order valence-electron chi connectivity index (χ2n) is 6.81. The Bertz CT molecular complexity index is 373. The van der Waals surface area contributed by atoms with Gasteiger partial charge in [-0.3, -0.25) is 9.59 Å². The van der Waals surface area contributed by atoms with Crippen LogP contribution in [0.4, 0.5) is 0 Å². The van der Waals surface area contributed by atoms with E-state index in [9.17, 15) is 9.59 Å². The topological polar surface area (TPSA) is 49.4 Å². The lowest BCUT2D eigenvalue weighted by Gasteiger charge is -2.46. The molecule has 1 saturated carbocycles. The maximum absolute atomic E-state index is 12.8. The van der Waals surface area contributed by atoms with Crippen molar-refractivity contribution in [1.82, 2.24) is 10.2 Å². The fourth-order valence-electron chi connectivity index (χ4n) is 3.54. The fraction of sp³-hybridized carbons (Fsp3) is 0.875. The van der Waals surface area contributed by atoms with Crippen LogP contribution in [0.15, 0.2) is 0 Å². The molecule has 2 aliphatic rings. The summed E-state index contributed by atoms with van der Waals surface area (Å²) in [6.07, 6.45) is 5.12. The molecule has 0 radical (unpaired) electrons. The molecule has 0 aromatic heterocycles. The molecule has 0 spiro atoms. The maximum atomic E-state index is 12.8. The molecule has 1 heterocycles. The lowest BCUT2D eigenvalue weighted by Crippen LogP contribution is -2.67. The molecule has 20 heavy (non-hydrogen) atoms. The molecule has 0 aromatic rings. The van der Waals surface area contributed by atoms with E-state index < -0.39 is 0 Å². The highest BCUT2D eigenvalue weighted by Gasteiger charge is 2.44. The molecular formula is C16H28N2O2. The van der Waals surface area contributed by atoms with Crippen LogP contribution in [-0.2, 0) is 9.59 Å². The van der Waals surface area contributed by atoms with Crippen molar-refractivity contribution in [2.45, 2.75) is 77.9 Å². The van der Waals surface area contributed by atoms with Gasteiger partial charge in [0.05, 0.1) is 0 Å². The van der Waals surface area contributed by atoms with Crippen LogP contribution in [0.25, 0.3) is 0 Å². The summed E-state index contributed by atoms with van der Waals surface area (Å²) in [5.41, 5.74) is 0. The number of carbonyl (C=O) groups excluding carboxylic acids is 2. The standard InChI is InChI=1S/C16H28N2O2/c1-5-13-15(19)17-14(10(2)3)16(20)18(13)12-8-6-11(4)7-9-12/h10-14H,5-9H2,1-4H3,(H,17,19). The molecule has 2 unspecified atom stereocenters. The SMILES string of the molecule is CCC1C(=O)NC(C(C)C)C(=O)N1C1CCC(C)CC1. The number of hydrogen-bond acceptors (Lipinski definition) is 2. The van der Waals surface area contributed by atoms with E-state index in [1.807, 2.05) is 25.7 Å². The average molecular weight is 280 g/mol. The van der Waals surface area contributed by atoms with Crippen LogP contribution < -0.4 is 5.32 Å². The molecule has 1 N–H and O–H groups in total. The molecule has 1 saturated heterocycles. The molecule has 1 aliphatic heterocycles. The van der Waals surface area contributed by atoms with E-state index >= 15 is 0 Å². The maximum Gasteiger partial charge on any atom is 0.246 e. The van der Waals surface area contributed by atoms with Crippen LogP contribution in [0.2, 0.25) is 0 Å². The monoisotopic (exact) mass is 280 g/mol. The van der Waals surface area contributed by atoms with Crippen LogP contribution in [0.5, 0.6) is 0 Å². The van der Waals surface area contributed by atoms with Gasteiger partial charge in [0.15, 0.2) is 0 Å². The molecule has 114 valence electrons. The third-order valence-corrected chi connectivity index (χ3v) is 4.89. The summed E-state index contributed by atoms with van der Waals surface area (Å²) in [7, 11) is 0. The van der Waals surface area contributed by atoms with Crippen LogP contribution >= 0.6 is 0 Å². The van der Waals surface area contributed by atoms with E-state index in [-0.39, 0.29) is 35.9 Å². The average Bonchev–Trinajstić information content (AvgIpc) is 2.41. The number of piperazine rings is 1. The highest BCUT2D eigenvalue weighted by Crippen LogP contribution is 2.31. The summed E-state index contributed by atoms with van der Waals surface area (Å²) in [5.74, 6) is 1.06. The van der Waals surface area contributed by atoms with Crippen LogP contribution in [0.3, 0.4) is 0 Å². The zero-order chi connectivity index (χ0) is 14.9. The molecule has 4 heteroatoms. The quantitative estimate of drug-likeness (QED) is 0.862. The van der Waals surface area contributed by atoms with Gasteiger partial charge in [-0.15, -0.1) is 0 Å². The summed E-state index contributed by atoms with van der Waals surface area (Å²) in [6, 6.07) is -0.350. The Kier molecular flexibility index (Phi) is 4.71. The second kappa shape index (κ2) is 6.15. The minimum absolute atomic E-state index is 0.0319. The highest BCUT2D eigenvalue weighted by atomic mass is 16.2. The lowest BCUT2D eigenvalue weighted by molar-refractivity contribution is -0.154. The summed E-state index contributed by atoms with van der Waals surface area (Å²) < 4.78 is 0. The Labute approximate surface area is 122 Å². The van der Waals surface area contributed by atoms with Crippen molar-refractivity contribution >= 4 is 11.8 Å². The number of nitrogens with zero attached hydrogens (tertiary/aromatic N) is 1. The van der Waals surface area contributed by atoms with Crippen molar-refractivity contribution in [3.05, 3.63) is 0 Å². The first-order valence-corrected chi connectivity index (χ1v) is 8.08. The number of hydrogen-bond donors (Lipinski definition) is 1. The van der Waals surface area contributed by atoms with Crippen LogP contribution in [0, 0.1) is 11.8 Å². The summed E-state index contributed by atoms with van der Waals surface area (Å²) in [4.78, 5) is 27.0. The van der Waals surface area contributed by atoms with Crippen LogP contribution in [-0.4, -0.2) is 34.8 Å². The van der Waals surface area contributed by atoms with E-state index in [4.69, 9.17) is 0 Å². The summed E-state index contributed by atoms with van der Waals surface area (Å²) in [5, 5.41) is 2.91. The Balaban J connectivity index is 2.20.